The Labute approximate surface area is 117 Å². The Bertz CT molecular complexity index is 379. The molecule has 0 N–H and O–H groups in total. The van der Waals surface area contributed by atoms with Crippen molar-refractivity contribution < 1.29 is 0 Å². The van der Waals surface area contributed by atoms with Crippen LogP contribution in [0.3, 0.4) is 0 Å². The first kappa shape index (κ1) is 14.3. The predicted octanol–water partition coefficient (Wildman–Crippen LogP) is 2.91. The Balaban J connectivity index is 1.97. The van der Waals surface area contributed by atoms with Crippen molar-refractivity contribution in [3.8, 4) is 0 Å². The minimum absolute atomic E-state index is 0.280. The minimum atomic E-state index is 0.280. The van der Waals surface area contributed by atoms with Gasteiger partial charge in [0.1, 0.15) is 5.82 Å². The molecule has 3 nitrogen and oxygen atoms in total. The van der Waals surface area contributed by atoms with Gasteiger partial charge in [-0.25, -0.2) is 4.99 Å². The van der Waals surface area contributed by atoms with Gasteiger partial charge in [-0.3, -0.25) is 4.90 Å². The standard InChI is InChI=1S/C16H27N3/c1-14-6-5-9-17-15(8-7-14)18-10-12-19(13-11-18)16(2,3)4/h5-6,8-9,14H,7,10-13H2,1-4H3. The third-order valence-electron chi connectivity index (χ3n) is 3.96. The fourth-order valence-electron chi connectivity index (χ4n) is 2.60. The molecule has 0 aromatic carbocycles. The predicted molar refractivity (Wildman–Crippen MR) is 82.4 cm³/mol. The van der Waals surface area contributed by atoms with E-state index in [1.165, 1.54) is 0 Å². The first-order chi connectivity index (χ1) is 8.97. The highest BCUT2D eigenvalue weighted by Gasteiger charge is 2.26. The van der Waals surface area contributed by atoms with E-state index < -0.39 is 0 Å². The molecule has 1 atom stereocenters. The van der Waals surface area contributed by atoms with Crippen LogP contribution in [0.4, 0.5) is 0 Å². The molecule has 0 aliphatic carbocycles. The van der Waals surface area contributed by atoms with Crippen molar-refractivity contribution in [1.29, 1.82) is 0 Å². The number of aliphatic imine (C=N–C) groups is 1. The molecule has 1 fully saturated rings. The van der Waals surface area contributed by atoms with Gasteiger partial charge < -0.3 is 4.90 Å². The van der Waals surface area contributed by atoms with Crippen LogP contribution in [-0.2, 0) is 0 Å². The second-order valence-corrected chi connectivity index (χ2v) is 6.58. The van der Waals surface area contributed by atoms with Crippen molar-refractivity contribution in [2.24, 2.45) is 10.9 Å². The lowest BCUT2D eigenvalue weighted by Crippen LogP contribution is -2.52. The van der Waals surface area contributed by atoms with Crippen molar-refractivity contribution in [1.82, 2.24) is 9.80 Å². The molecular formula is C16H27N3. The second-order valence-electron chi connectivity index (χ2n) is 6.58. The molecule has 0 aromatic heterocycles. The van der Waals surface area contributed by atoms with Crippen LogP contribution in [0.1, 0.15) is 34.1 Å². The van der Waals surface area contributed by atoms with Gasteiger partial charge in [-0.2, -0.15) is 0 Å². The molecule has 1 unspecified atom stereocenters. The summed E-state index contributed by atoms with van der Waals surface area (Å²) < 4.78 is 0. The highest BCUT2D eigenvalue weighted by Crippen LogP contribution is 2.20. The zero-order chi connectivity index (χ0) is 13.9. The average Bonchev–Trinajstić information content (AvgIpc) is 2.34. The van der Waals surface area contributed by atoms with Gasteiger partial charge in [0, 0.05) is 37.9 Å². The molecule has 0 radical (unpaired) electrons. The molecule has 106 valence electrons. The van der Waals surface area contributed by atoms with E-state index in [1.807, 2.05) is 6.21 Å². The van der Waals surface area contributed by atoms with Crippen molar-refractivity contribution in [2.75, 3.05) is 26.2 Å². The number of rotatable bonds is 1. The molecule has 2 aliphatic rings. The fraction of sp³-hybridized carbons (Fsp3) is 0.688. The van der Waals surface area contributed by atoms with Crippen molar-refractivity contribution in [3.63, 3.8) is 0 Å². The maximum Gasteiger partial charge on any atom is 0.124 e. The van der Waals surface area contributed by atoms with Gasteiger partial charge >= 0.3 is 0 Å². The highest BCUT2D eigenvalue weighted by atomic mass is 15.3. The maximum atomic E-state index is 4.59. The van der Waals surface area contributed by atoms with Gasteiger partial charge in [0.2, 0.25) is 0 Å². The normalized spacial score (nSPS) is 26.0. The van der Waals surface area contributed by atoms with Crippen LogP contribution in [0.2, 0.25) is 0 Å². The van der Waals surface area contributed by atoms with Crippen LogP contribution in [0.15, 0.2) is 29.0 Å². The highest BCUT2D eigenvalue weighted by molar-refractivity contribution is 5.72. The largest absolute Gasteiger partial charge is 0.354 e. The lowest BCUT2D eigenvalue weighted by atomic mass is 10.0. The van der Waals surface area contributed by atoms with E-state index in [0.29, 0.717) is 5.92 Å². The number of nitrogens with zero attached hydrogens (tertiary/aromatic N) is 3. The quantitative estimate of drug-likeness (QED) is 0.723. The summed E-state index contributed by atoms with van der Waals surface area (Å²) in [5, 5.41) is 0. The number of piperazine rings is 1. The second kappa shape index (κ2) is 5.91. The summed E-state index contributed by atoms with van der Waals surface area (Å²) in [4.78, 5) is 9.56. The van der Waals surface area contributed by atoms with Crippen molar-refractivity contribution in [2.45, 2.75) is 39.7 Å². The molecule has 3 heteroatoms. The first-order valence-corrected chi connectivity index (χ1v) is 7.38. The number of hydrogen-bond donors (Lipinski definition) is 0. The van der Waals surface area contributed by atoms with E-state index in [9.17, 15) is 0 Å². The molecule has 2 rings (SSSR count). The summed E-state index contributed by atoms with van der Waals surface area (Å²) in [5.74, 6) is 1.77. The summed E-state index contributed by atoms with van der Waals surface area (Å²) >= 11 is 0. The zero-order valence-electron chi connectivity index (χ0n) is 12.8. The Morgan fingerprint density at radius 3 is 2.47 bits per heavy atom. The summed E-state index contributed by atoms with van der Waals surface area (Å²) in [6, 6.07) is 0. The summed E-state index contributed by atoms with van der Waals surface area (Å²) in [6.07, 6.45) is 9.59. The van der Waals surface area contributed by atoms with Gasteiger partial charge in [-0.05, 0) is 45.3 Å². The third-order valence-corrected chi connectivity index (χ3v) is 3.96. The van der Waals surface area contributed by atoms with Crippen LogP contribution in [0.5, 0.6) is 0 Å². The lowest BCUT2D eigenvalue weighted by molar-refractivity contribution is 0.0757. The van der Waals surface area contributed by atoms with Crippen LogP contribution in [0.25, 0.3) is 0 Å². The molecule has 0 bridgehead atoms. The Hall–Kier alpha value is -1.09. The van der Waals surface area contributed by atoms with E-state index in [2.05, 4.69) is 60.7 Å². The van der Waals surface area contributed by atoms with E-state index in [4.69, 9.17) is 0 Å². The van der Waals surface area contributed by atoms with E-state index in [-0.39, 0.29) is 5.54 Å². The van der Waals surface area contributed by atoms with Crippen LogP contribution in [-0.4, -0.2) is 47.7 Å². The summed E-state index contributed by atoms with van der Waals surface area (Å²) in [7, 11) is 0. The zero-order valence-corrected chi connectivity index (χ0v) is 12.8. The van der Waals surface area contributed by atoms with Gasteiger partial charge in [0.15, 0.2) is 0 Å². The van der Waals surface area contributed by atoms with E-state index in [1.54, 1.807) is 0 Å². The van der Waals surface area contributed by atoms with Crippen molar-refractivity contribution in [3.05, 3.63) is 24.0 Å². The Morgan fingerprint density at radius 1 is 1.16 bits per heavy atom. The molecule has 0 aromatic rings. The van der Waals surface area contributed by atoms with Gasteiger partial charge in [-0.1, -0.05) is 13.0 Å². The smallest absolute Gasteiger partial charge is 0.124 e. The lowest BCUT2D eigenvalue weighted by Gasteiger charge is -2.43. The maximum absolute atomic E-state index is 4.59. The van der Waals surface area contributed by atoms with Gasteiger partial charge in [-0.15, -0.1) is 0 Å². The van der Waals surface area contributed by atoms with Gasteiger partial charge in [0.25, 0.3) is 0 Å². The molecule has 0 saturated carbocycles. The molecule has 0 spiro atoms. The van der Waals surface area contributed by atoms with Crippen LogP contribution >= 0.6 is 0 Å². The molecule has 0 amide bonds. The van der Waals surface area contributed by atoms with E-state index >= 15 is 0 Å². The third kappa shape index (κ3) is 3.93. The number of hydrogen-bond acceptors (Lipinski definition) is 3. The fourth-order valence-corrected chi connectivity index (χ4v) is 2.60. The van der Waals surface area contributed by atoms with E-state index in [0.717, 1.165) is 38.4 Å². The molecule has 2 heterocycles. The molecular weight excluding hydrogens is 234 g/mol. The van der Waals surface area contributed by atoms with Gasteiger partial charge in [0.05, 0.1) is 0 Å². The van der Waals surface area contributed by atoms with Crippen LogP contribution < -0.4 is 0 Å². The minimum Gasteiger partial charge on any atom is -0.354 e. The number of allylic oxidation sites excluding steroid dienone is 3. The molecule has 2 aliphatic heterocycles. The van der Waals surface area contributed by atoms with Crippen LogP contribution in [0, 0.1) is 5.92 Å². The molecule has 1 saturated heterocycles. The monoisotopic (exact) mass is 261 g/mol. The summed E-state index contributed by atoms with van der Waals surface area (Å²) in [5.41, 5.74) is 0.280. The van der Waals surface area contributed by atoms with Crippen molar-refractivity contribution >= 4 is 6.21 Å². The SMILES string of the molecule is CC1C=CC=NC(N2CCN(C(C)(C)C)CC2)=CC1. The topological polar surface area (TPSA) is 18.8 Å². The average molecular weight is 261 g/mol. The Morgan fingerprint density at radius 2 is 1.84 bits per heavy atom. The molecule has 19 heavy (non-hydrogen) atoms. The summed E-state index contributed by atoms with van der Waals surface area (Å²) in [6.45, 7) is 13.6. The Kier molecular flexibility index (Phi) is 4.46. The first-order valence-electron chi connectivity index (χ1n) is 7.38.